The molecule has 1 N–H and O–H groups in total. The third-order valence-corrected chi connectivity index (χ3v) is 9.74. The van der Waals surface area contributed by atoms with Crippen LogP contribution in [0.5, 0.6) is 0 Å². The summed E-state index contributed by atoms with van der Waals surface area (Å²) in [6, 6.07) is 19.2. The van der Waals surface area contributed by atoms with E-state index in [-0.39, 0.29) is 24.8 Å². The SMILES string of the molecule is CC(C)CCCCCCC/C=C\CCC(=O)OC(CCCCCCCCCCCC(C)C)CC(=O)NCC(=O)OC(c1ccccc1)c1ccccc1. The third kappa shape index (κ3) is 24.5. The maximum atomic E-state index is 13.0. The Labute approximate surface area is 323 Å². The summed E-state index contributed by atoms with van der Waals surface area (Å²) in [6.45, 7) is 8.90. The van der Waals surface area contributed by atoms with Gasteiger partial charge in [0.2, 0.25) is 5.91 Å². The lowest BCUT2D eigenvalue weighted by atomic mass is 10.0. The highest BCUT2D eigenvalue weighted by Crippen LogP contribution is 2.26. The summed E-state index contributed by atoms with van der Waals surface area (Å²) in [4.78, 5) is 38.8. The fourth-order valence-corrected chi connectivity index (χ4v) is 6.60. The standard InChI is InChI=1S/C47H73NO5/c1-39(2)29-21-15-11-7-5-9-13-17-27-35-43(52-45(50)36-28-18-14-10-6-8-12-16-22-30-40(3)4)37-44(49)48-38-46(51)53-47(41-31-23-19-24-32-41)42-33-25-20-26-34-42/h14,18-20,23-26,31-34,39-40,43,47H,5-13,15-17,21-22,27-30,35-38H2,1-4H3,(H,48,49)/b18-14-. The Kier molecular flexibility index (Phi) is 25.9. The number of carbonyl (C=O) groups is 3. The van der Waals surface area contributed by atoms with E-state index in [0.29, 0.717) is 19.3 Å². The highest BCUT2D eigenvalue weighted by atomic mass is 16.5. The molecule has 2 aromatic carbocycles. The topological polar surface area (TPSA) is 81.7 Å². The van der Waals surface area contributed by atoms with Gasteiger partial charge in [0.25, 0.3) is 0 Å². The molecule has 0 saturated heterocycles. The number of hydrogen-bond donors (Lipinski definition) is 1. The van der Waals surface area contributed by atoms with E-state index in [2.05, 4.69) is 45.2 Å². The first-order chi connectivity index (χ1) is 25.7. The molecule has 53 heavy (non-hydrogen) atoms. The van der Waals surface area contributed by atoms with E-state index in [1.807, 2.05) is 60.7 Å². The van der Waals surface area contributed by atoms with Crippen LogP contribution in [0.25, 0.3) is 0 Å². The molecule has 0 spiro atoms. The van der Waals surface area contributed by atoms with E-state index >= 15 is 0 Å². The molecular weight excluding hydrogens is 659 g/mol. The molecule has 0 fully saturated rings. The van der Waals surface area contributed by atoms with Crippen LogP contribution in [0.4, 0.5) is 0 Å². The zero-order valence-electron chi connectivity index (χ0n) is 33.8. The Balaban J connectivity index is 1.79. The van der Waals surface area contributed by atoms with Crippen molar-refractivity contribution in [2.75, 3.05) is 6.54 Å². The number of esters is 2. The molecule has 0 saturated carbocycles. The van der Waals surface area contributed by atoms with Gasteiger partial charge in [-0.1, -0.05) is 190 Å². The highest BCUT2D eigenvalue weighted by molar-refractivity contribution is 5.82. The zero-order chi connectivity index (χ0) is 38.4. The van der Waals surface area contributed by atoms with Crippen molar-refractivity contribution in [3.05, 3.63) is 83.9 Å². The summed E-state index contributed by atoms with van der Waals surface area (Å²) in [5.74, 6) is 0.465. The van der Waals surface area contributed by atoms with Crippen LogP contribution in [0.2, 0.25) is 0 Å². The highest BCUT2D eigenvalue weighted by Gasteiger charge is 2.21. The van der Waals surface area contributed by atoms with E-state index in [0.717, 1.165) is 48.6 Å². The molecule has 0 radical (unpaired) electrons. The van der Waals surface area contributed by atoms with Gasteiger partial charge < -0.3 is 14.8 Å². The molecule has 0 bridgehead atoms. The van der Waals surface area contributed by atoms with E-state index in [9.17, 15) is 14.4 Å². The van der Waals surface area contributed by atoms with E-state index < -0.39 is 18.2 Å². The van der Waals surface area contributed by atoms with Crippen molar-refractivity contribution in [2.45, 2.75) is 175 Å². The second-order valence-electron chi connectivity index (χ2n) is 15.7. The fourth-order valence-electron chi connectivity index (χ4n) is 6.60. The number of unbranched alkanes of at least 4 members (excludes halogenated alkanes) is 13. The Morgan fingerprint density at radius 3 is 1.51 bits per heavy atom. The summed E-state index contributed by atoms with van der Waals surface area (Å²) in [7, 11) is 0. The van der Waals surface area contributed by atoms with Crippen LogP contribution in [-0.2, 0) is 23.9 Å². The van der Waals surface area contributed by atoms with Crippen LogP contribution >= 0.6 is 0 Å². The average molecular weight is 732 g/mol. The lowest BCUT2D eigenvalue weighted by Crippen LogP contribution is -2.34. The number of nitrogens with one attached hydrogen (secondary N) is 1. The van der Waals surface area contributed by atoms with Crippen LogP contribution < -0.4 is 5.32 Å². The number of allylic oxidation sites excluding steroid dienone is 2. The van der Waals surface area contributed by atoms with Gasteiger partial charge in [0.1, 0.15) is 12.6 Å². The van der Waals surface area contributed by atoms with Gasteiger partial charge in [-0.2, -0.15) is 0 Å². The van der Waals surface area contributed by atoms with Gasteiger partial charge >= 0.3 is 11.9 Å². The summed E-state index contributed by atoms with van der Waals surface area (Å²) in [5.41, 5.74) is 1.71. The minimum atomic E-state index is -0.575. The lowest BCUT2D eigenvalue weighted by Gasteiger charge is -2.20. The largest absolute Gasteiger partial charge is 0.462 e. The molecule has 0 aliphatic heterocycles. The quantitative estimate of drug-likeness (QED) is 0.0474. The van der Waals surface area contributed by atoms with Crippen LogP contribution in [0.3, 0.4) is 0 Å². The van der Waals surface area contributed by atoms with Gasteiger partial charge in [-0.3, -0.25) is 14.4 Å². The first-order valence-corrected chi connectivity index (χ1v) is 21.1. The molecule has 0 aliphatic carbocycles. The van der Waals surface area contributed by atoms with Crippen molar-refractivity contribution >= 4 is 17.8 Å². The third-order valence-electron chi connectivity index (χ3n) is 9.74. The second-order valence-corrected chi connectivity index (χ2v) is 15.7. The molecular formula is C47H73NO5. The molecule has 296 valence electrons. The number of hydrogen-bond acceptors (Lipinski definition) is 5. The summed E-state index contributed by atoms with van der Waals surface area (Å²) >= 11 is 0. The van der Waals surface area contributed by atoms with E-state index in [1.54, 1.807) is 0 Å². The normalized spacial score (nSPS) is 12.1. The molecule has 1 atom stereocenters. The number of ether oxygens (including phenoxy) is 2. The Morgan fingerprint density at radius 2 is 1.00 bits per heavy atom. The van der Waals surface area contributed by atoms with Gasteiger partial charge in [-0.25, -0.2) is 0 Å². The molecule has 0 heterocycles. The number of carbonyl (C=O) groups excluding carboxylic acids is 3. The van der Waals surface area contributed by atoms with Crippen molar-refractivity contribution in [1.82, 2.24) is 5.32 Å². The van der Waals surface area contributed by atoms with Crippen molar-refractivity contribution in [3.8, 4) is 0 Å². The molecule has 1 amide bonds. The smallest absolute Gasteiger partial charge is 0.326 e. The summed E-state index contributed by atoms with van der Waals surface area (Å²) < 4.78 is 11.7. The number of amides is 1. The number of benzene rings is 2. The first-order valence-electron chi connectivity index (χ1n) is 21.1. The van der Waals surface area contributed by atoms with Crippen LogP contribution in [-0.4, -0.2) is 30.5 Å². The minimum Gasteiger partial charge on any atom is -0.462 e. The lowest BCUT2D eigenvalue weighted by molar-refractivity contribution is -0.152. The van der Waals surface area contributed by atoms with Gasteiger partial charge in [0, 0.05) is 6.42 Å². The van der Waals surface area contributed by atoms with Gasteiger partial charge in [0.15, 0.2) is 6.10 Å². The molecule has 6 nitrogen and oxygen atoms in total. The molecule has 0 aromatic heterocycles. The van der Waals surface area contributed by atoms with Crippen LogP contribution in [0.15, 0.2) is 72.8 Å². The monoisotopic (exact) mass is 732 g/mol. The predicted octanol–water partition coefficient (Wildman–Crippen LogP) is 12.4. The zero-order valence-corrected chi connectivity index (χ0v) is 33.8. The van der Waals surface area contributed by atoms with Gasteiger partial charge in [-0.05, 0) is 55.1 Å². The molecule has 2 rings (SSSR count). The maximum Gasteiger partial charge on any atom is 0.326 e. The van der Waals surface area contributed by atoms with E-state index in [4.69, 9.17) is 9.47 Å². The minimum absolute atomic E-state index is 0.0310. The van der Waals surface area contributed by atoms with E-state index in [1.165, 1.54) is 83.5 Å². The first kappa shape index (κ1) is 45.7. The van der Waals surface area contributed by atoms with Gasteiger partial charge in [0.05, 0.1) is 6.42 Å². The molecule has 2 aromatic rings. The molecule has 0 aliphatic rings. The summed E-state index contributed by atoms with van der Waals surface area (Å²) in [5, 5.41) is 2.72. The fraction of sp³-hybridized carbons (Fsp3) is 0.638. The predicted molar refractivity (Wildman–Crippen MR) is 219 cm³/mol. The second kappa shape index (κ2) is 30.0. The summed E-state index contributed by atoms with van der Waals surface area (Å²) in [6.07, 6.45) is 25.7. The van der Waals surface area contributed by atoms with Crippen molar-refractivity contribution in [1.29, 1.82) is 0 Å². The van der Waals surface area contributed by atoms with Crippen LogP contribution in [0.1, 0.15) is 180 Å². The van der Waals surface area contributed by atoms with Crippen molar-refractivity contribution in [2.24, 2.45) is 11.8 Å². The Morgan fingerprint density at radius 1 is 0.547 bits per heavy atom. The van der Waals surface area contributed by atoms with Crippen LogP contribution in [0, 0.1) is 11.8 Å². The maximum absolute atomic E-state index is 13.0. The Hall–Kier alpha value is -3.41. The Bertz CT molecular complexity index is 1200. The molecule has 6 heteroatoms. The molecule has 1 unspecified atom stereocenters. The number of rotatable bonds is 31. The average Bonchev–Trinajstić information content (AvgIpc) is 3.14. The van der Waals surface area contributed by atoms with Gasteiger partial charge in [-0.15, -0.1) is 0 Å². The van der Waals surface area contributed by atoms with Crippen molar-refractivity contribution in [3.63, 3.8) is 0 Å². The van der Waals surface area contributed by atoms with Crippen molar-refractivity contribution < 1.29 is 23.9 Å².